The average Bonchev–Trinajstić information content (AvgIpc) is 3.46. The Morgan fingerprint density at radius 2 is 1.85 bits per heavy atom. The topological polar surface area (TPSA) is 44.3 Å². The van der Waals surface area contributed by atoms with E-state index < -0.39 is 11.9 Å². The van der Waals surface area contributed by atoms with Crippen molar-refractivity contribution in [2.45, 2.75) is 19.0 Å². The van der Waals surface area contributed by atoms with Crippen molar-refractivity contribution in [3.8, 4) is 0 Å². The summed E-state index contributed by atoms with van der Waals surface area (Å²) in [7, 11) is 0. The molecule has 2 aliphatic rings. The molecular formula is C19H22F3N5. The highest BCUT2D eigenvalue weighted by Gasteiger charge is 2.32. The smallest absolute Gasteiger partial charge is 0.369 e. The van der Waals surface area contributed by atoms with Crippen LogP contribution in [0.25, 0.3) is 0 Å². The minimum absolute atomic E-state index is 0.0590. The lowest BCUT2D eigenvalue weighted by molar-refractivity contribution is -0.141. The molecule has 1 N–H and O–H groups in total. The van der Waals surface area contributed by atoms with Crippen LogP contribution in [-0.2, 0) is 6.18 Å². The Bertz CT molecular complexity index is 783. The third-order valence-electron chi connectivity index (χ3n) is 5.00. The van der Waals surface area contributed by atoms with Crippen LogP contribution < -0.4 is 10.2 Å². The number of aromatic nitrogens is 2. The van der Waals surface area contributed by atoms with Crippen molar-refractivity contribution in [3.05, 3.63) is 42.2 Å². The second-order valence-corrected chi connectivity index (χ2v) is 7.17. The molecule has 0 atom stereocenters. The van der Waals surface area contributed by atoms with Crippen LogP contribution in [0.4, 0.5) is 30.5 Å². The molecule has 1 saturated carbocycles. The third kappa shape index (κ3) is 4.68. The summed E-state index contributed by atoms with van der Waals surface area (Å²) in [5.74, 6) is 0.841. The molecule has 2 heterocycles. The number of rotatable bonds is 5. The van der Waals surface area contributed by atoms with Gasteiger partial charge in [0.2, 0.25) is 5.95 Å². The number of anilines is 3. The standard InChI is InChI=1S/C19H22F3N5/c20-19(21,22)17-6-7-23-18(25-17)24-15-2-1-3-16(12-15)27-10-8-26(9-11-27)13-14-4-5-14/h1-3,6-7,12,14H,4-5,8-11,13H2,(H,23,24,25). The predicted molar refractivity (Wildman–Crippen MR) is 98.1 cm³/mol. The van der Waals surface area contributed by atoms with E-state index in [4.69, 9.17) is 0 Å². The van der Waals surface area contributed by atoms with E-state index >= 15 is 0 Å². The van der Waals surface area contributed by atoms with E-state index in [1.165, 1.54) is 19.4 Å². The summed E-state index contributed by atoms with van der Waals surface area (Å²) < 4.78 is 38.4. The van der Waals surface area contributed by atoms with Crippen LogP contribution in [0.1, 0.15) is 18.5 Å². The van der Waals surface area contributed by atoms with E-state index in [1.807, 2.05) is 18.2 Å². The molecule has 144 valence electrons. The van der Waals surface area contributed by atoms with Crippen LogP contribution in [0, 0.1) is 5.92 Å². The van der Waals surface area contributed by atoms with Gasteiger partial charge in [-0.15, -0.1) is 0 Å². The lowest BCUT2D eigenvalue weighted by atomic mass is 10.2. The van der Waals surface area contributed by atoms with Gasteiger partial charge in [-0.25, -0.2) is 9.97 Å². The van der Waals surface area contributed by atoms with Crippen LogP contribution in [0.2, 0.25) is 0 Å². The third-order valence-corrected chi connectivity index (χ3v) is 5.00. The maximum absolute atomic E-state index is 12.8. The molecule has 2 aromatic rings. The number of piperazine rings is 1. The summed E-state index contributed by atoms with van der Waals surface area (Å²) in [5.41, 5.74) is 0.772. The highest BCUT2D eigenvalue weighted by Crippen LogP contribution is 2.31. The molecule has 0 bridgehead atoms. The van der Waals surface area contributed by atoms with Crippen LogP contribution in [0.15, 0.2) is 36.5 Å². The molecule has 0 amide bonds. The highest BCUT2D eigenvalue weighted by atomic mass is 19.4. The number of benzene rings is 1. The molecule has 8 heteroatoms. The van der Waals surface area contributed by atoms with Crippen LogP contribution >= 0.6 is 0 Å². The number of nitrogens with one attached hydrogen (secondary N) is 1. The highest BCUT2D eigenvalue weighted by molar-refractivity contribution is 5.62. The largest absolute Gasteiger partial charge is 0.433 e. The van der Waals surface area contributed by atoms with E-state index in [0.29, 0.717) is 5.69 Å². The Hall–Kier alpha value is -2.35. The van der Waals surface area contributed by atoms with Crippen molar-refractivity contribution in [2.75, 3.05) is 42.9 Å². The van der Waals surface area contributed by atoms with Gasteiger partial charge in [-0.2, -0.15) is 13.2 Å². The Kier molecular flexibility index (Phi) is 4.90. The number of alkyl halides is 3. The maximum atomic E-state index is 12.8. The molecule has 1 aliphatic carbocycles. The molecule has 0 radical (unpaired) electrons. The Morgan fingerprint density at radius 1 is 1.07 bits per heavy atom. The van der Waals surface area contributed by atoms with Gasteiger partial charge in [-0.3, -0.25) is 4.90 Å². The van der Waals surface area contributed by atoms with Gasteiger partial charge in [-0.05, 0) is 43.0 Å². The zero-order valence-electron chi connectivity index (χ0n) is 14.9. The quantitative estimate of drug-likeness (QED) is 0.859. The van der Waals surface area contributed by atoms with Gasteiger partial charge in [0.1, 0.15) is 5.69 Å². The van der Waals surface area contributed by atoms with Gasteiger partial charge in [0.25, 0.3) is 0 Å². The average molecular weight is 377 g/mol. The fourth-order valence-corrected chi connectivity index (χ4v) is 3.34. The molecule has 1 aromatic carbocycles. The SMILES string of the molecule is FC(F)(F)c1ccnc(Nc2cccc(N3CCN(CC4CC4)CC3)c2)n1. The number of nitrogens with zero attached hydrogens (tertiary/aromatic N) is 4. The second-order valence-electron chi connectivity index (χ2n) is 7.17. The fraction of sp³-hybridized carbons (Fsp3) is 0.474. The van der Waals surface area contributed by atoms with Crippen LogP contribution in [0.3, 0.4) is 0 Å². The molecule has 1 saturated heterocycles. The van der Waals surface area contributed by atoms with E-state index in [0.717, 1.165) is 50.0 Å². The first-order chi connectivity index (χ1) is 13.0. The molecule has 27 heavy (non-hydrogen) atoms. The number of halogens is 3. The normalized spacial score (nSPS) is 18.6. The monoisotopic (exact) mass is 377 g/mol. The van der Waals surface area contributed by atoms with Crippen LogP contribution in [0.5, 0.6) is 0 Å². The summed E-state index contributed by atoms with van der Waals surface area (Å²) in [6.45, 7) is 5.21. The Balaban J connectivity index is 1.41. The molecule has 4 rings (SSSR count). The molecule has 5 nitrogen and oxygen atoms in total. The molecular weight excluding hydrogens is 355 g/mol. The minimum Gasteiger partial charge on any atom is -0.369 e. The van der Waals surface area contributed by atoms with Crippen molar-refractivity contribution < 1.29 is 13.2 Å². The summed E-state index contributed by atoms with van der Waals surface area (Å²) >= 11 is 0. The fourth-order valence-electron chi connectivity index (χ4n) is 3.34. The lowest BCUT2D eigenvalue weighted by Crippen LogP contribution is -2.47. The maximum Gasteiger partial charge on any atom is 0.433 e. The first-order valence-corrected chi connectivity index (χ1v) is 9.22. The molecule has 1 aromatic heterocycles. The van der Waals surface area contributed by atoms with Crippen molar-refractivity contribution in [3.63, 3.8) is 0 Å². The van der Waals surface area contributed by atoms with Gasteiger partial charge in [0.05, 0.1) is 0 Å². The van der Waals surface area contributed by atoms with Gasteiger partial charge >= 0.3 is 6.18 Å². The second kappa shape index (κ2) is 7.34. The first-order valence-electron chi connectivity index (χ1n) is 9.22. The van der Waals surface area contributed by atoms with Crippen LogP contribution in [-0.4, -0.2) is 47.6 Å². The number of hydrogen-bond acceptors (Lipinski definition) is 5. The van der Waals surface area contributed by atoms with Gasteiger partial charge in [-0.1, -0.05) is 6.07 Å². The minimum atomic E-state index is -4.48. The molecule has 1 aliphatic heterocycles. The van der Waals surface area contributed by atoms with E-state index in [2.05, 4.69) is 25.1 Å². The lowest BCUT2D eigenvalue weighted by Gasteiger charge is -2.36. The first kappa shape index (κ1) is 18.0. The molecule has 0 unspecified atom stereocenters. The van der Waals surface area contributed by atoms with Crippen molar-refractivity contribution in [2.24, 2.45) is 5.92 Å². The van der Waals surface area contributed by atoms with E-state index in [-0.39, 0.29) is 5.95 Å². The van der Waals surface area contributed by atoms with Crippen molar-refractivity contribution >= 4 is 17.3 Å². The molecule has 2 fully saturated rings. The Labute approximate surface area is 156 Å². The summed E-state index contributed by atoms with van der Waals surface area (Å²) in [6, 6.07) is 8.51. The predicted octanol–water partition coefficient (Wildman–Crippen LogP) is 3.77. The van der Waals surface area contributed by atoms with Crippen molar-refractivity contribution in [1.29, 1.82) is 0 Å². The van der Waals surface area contributed by atoms with Crippen molar-refractivity contribution in [1.82, 2.24) is 14.9 Å². The van der Waals surface area contributed by atoms with E-state index in [9.17, 15) is 13.2 Å². The zero-order chi connectivity index (χ0) is 18.9. The summed E-state index contributed by atoms with van der Waals surface area (Å²) in [4.78, 5) is 12.3. The summed E-state index contributed by atoms with van der Waals surface area (Å²) in [6.07, 6.45) is -0.639. The van der Waals surface area contributed by atoms with E-state index in [1.54, 1.807) is 6.07 Å². The number of hydrogen-bond donors (Lipinski definition) is 1. The van der Waals surface area contributed by atoms with Gasteiger partial charge < -0.3 is 10.2 Å². The summed E-state index contributed by atoms with van der Waals surface area (Å²) in [5, 5.41) is 2.88. The molecule has 0 spiro atoms. The van der Waals surface area contributed by atoms with Gasteiger partial charge in [0.15, 0.2) is 0 Å². The Morgan fingerprint density at radius 3 is 2.56 bits per heavy atom. The zero-order valence-corrected chi connectivity index (χ0v) is 14.9. The van der Waals surface area contributed by atoms with Gasteiger partial charge in [0, 0.05) is 50.3 Å².